The molecular formula is C25H26N2O7. The van der Waals surface area contributed by atoms with E-state index in [2.05, 4.69) is 0 Å². The summed E-state index contributed by atoms with van der Waals surface area (Å²) in [5.41, 5.74) is 2.94. The SMILES string of the molecule is COC(=O)C1=C(C)N(c2cccc([N+](=O)[O-])c2)C(C)=C(C(=O)OCCCc2ccc(O)cc2)C1. The van der Waals surface area contributed by atoms with E-state index < -0.39 is 16.9 Å². The third kappa shape index (κ3) is 5.43. The monoisotopic (exact) mass is 466 g/mol. The van der Waals surface area contributed by atoms with Crippen molar-refractivity contribution in [2.75, 3.05) is 18.6 Å². The van der Waals surface area contributed by atoms with Crippen LogP contribution in [-0.4, -0.2) is 35.7 Å². The fourth-order valence-corrected chi connectivity index (χ4v) is 3.84. The van der Waals surface area contributed by atoms with Gasteiger partial charge in [-0.3, -0.25) is 10.1 Å². The van der Waals surface area contributed by atoms with Gasteiger partial charge in [0.05, 0.1) is 35.5 Å². The average molecular weight is 466 g/mol. The number of aryl methyl sites for hydroxylation is 1. The molecule has 34 heavy (non-hydrogen) atoms. The van der Waals surface area contributed by atoms with E-state index in [9.17, 15) is 24.8 Å². The second kappa shape index (κ2) is 10.7. The Labute approximate surface area is 197 Å². The Hall–Kier alpha value is -4.14. The van der Waals surface area contributed by atoms with E-state index in [0.29, 0.717) is 29.9 Å². The Morgan fingerprint density at radius 1 is 1.06 bits per heavy atom. The molecule has 0 spiro atoms. The van der Waals surface area contributed by atoms with Crippen LogP contribution in [0, 0.1) is 10.1 Å². The summed E-state index contributed by atoms with van der Waals surface area (Å²) in [6.07, 6.45) is 1.28. The van der Waals surface area contributed by atoms with E-state index in [1.165, 1.54) is 19.2 Å². The van der Waals surface area contributed by atoms with Gasteiger partial charge < -0.3 is 19.5 Å². The first-order valence-corrected chi connectivity index (χ1v) is 10.7. The number of non-ortho nitro benzene ring substituents is 1. The van der Waals surface area contributed by atoms with Crippen LogP contribution in [0.1, 0.15) is 32.3 Å². The molecule has 0 radical (unpaired) electrons. The topological polar surface area (TPSA) is 119 Å². The first kappa shape index (κ1) is 24.5. The van der Waals surface area contributed by atoms with Crippen molar-refractivity contribution in [2.24, 2.45) is 0 Å². The van der Waals surface area contributed by atoms with Crippen molar-refractivity contribution in [1.29, 1.82) is 0 Å². The number of phenolic OH excluding ortho intramolecular Hbond substituents is 1. The molecule has 0 bridgehead atoms. The van der Waals surface area contributed by atoms with Crippen molar-refractivity contribution in [3.8, 4) is 5.75 Å². The number of nitro groups is 1. The molecule has 9 heteroatoms. The molecule has 3 rings (SSSR count). The van der Waals surface area contributed by atoms with Crippen molar-refractivity contribution in [3.05, 3.63) is 86.7 Å². The maximum atomic E-state index is 13.0. The number of carbonyl (C=O) groups excluding carboxylic acids is 2. The molecule has 0 saturated heterocycles. The molecule has 0 aliphatic carbocycles. The lowest BCUT2D eigenvalue weighted by molar-refractivity contribution is -0.384. The fourth-order valence-electron chi connectivity index (χ4n) is 3.84. The van der Waals surface area contributed by atoms with E-state index in [1.807, 2.05) is 0 Å². The third-order valence-electron chi connectivity index (χ3n) is 5.65. The predicted molar refractivity (Wildman–Crippen MR) is 125 cm³/mol. The summed E-state index contributed by atoms with van der Waals surface area (Å²) in [6, 6.07) is 12.8. The third-order valence-corrected chi connectivity index (χ3v) is 5.65. The molecular weight excluding hydrogens is 440 g/mol. The lowest BCUT2D eigenvalue weighted by Gasteiger charge is -2.33. The van der Waals surface area contributed by atoms with Gasteiger partial charge in [0.15, 0.2) is 0 Å². The van der Waals surface area contributed by atoms with Gasteiger partial charge >= 0.3 is 11.9 Å². The summed E-state index contributed by atoms with van der Waals surface area (Å²) in [7, 11) is 1.26. The number of methoxy groups -OCH3 is 1. The van der Waals surface area contributed by atoms with Crippen molar-refractivity contribution in [1.82, 2.24) is 0 Å². The van der Waals surface area contributed by atoms with Gasteiger partial charge in [-0.05, 0) is 50.5 Å². The van der Waals surface area contributed by atoms with Crippen molar-refractivity contribution in [3.63, 3.8) is 0 Å². The number of nitro benzene ring substituents is 1. The van der Waals surface area contributed by atoms with Crippen LogP contribution in [0.4, 0.5) is 11.4 Å². The number of carbonyl (C=O) groups is 2. The highest BCUT2D eigenvalue weighted by molar-refractivity contribution is 5.98. The number of nitrogens with zero attached hydrogens (tertiary/aromatic N) is 2. The van der Waals surface area contributed by atoms with Gasteiger partial charge in [-0.1, -0.05) is 18.2 Å². The minimum atomic E-state index is -0.585. The van der Waals surface area contributed by atoms with Crippen LogP contribution in [0.5, 0.6) is 5.75 Å². The Morgan fingerprint density at radius 3 is 2.32 bits per heavy atom. The molecule has 178 valence electrons. The van der Waals surface area contributed by atoms with E-state index in [-0.39, 0.29) is 35.6 Å². The molecule has 0 atom stereocenters. The number of allylic oxidation sites excluding steroid dienone is 2. The minimum Gasteiger partial charge on any atom is -0.508 e. The Bertz CT molecular complexity index is 1170. The number of phenols is 1. The van der Waals surface area contributed by atoms with Crippen LogP contribution >= 0.6 is 0 Å². The van der Waals surface area contributed by atoms with Gasteiger partial charge in [-0.15, -0.1) is 0 Å². The number of rotatable bonds is 8. The van der Waals surface area contributed by atoms with Crippen LogP contribution in [-0.2, 0) is 25.5 Å². The molecule has 1 N–H and O–H groups in total. The van der Waals surface area contributed by atoms with Gasteiger partial charge in [-0.25, -0.2) is 9.59 Å². The second-order valence-corrected chi connectivity index (χ2v) is 7.81. The predicted octanol–water partition coefficient (Wildman–Crippen LogP) is 4.41. The molecule has 0 fully saturated rings. The van der Waals surface area contributed by atoms with Crippen LogP contribution in [0.15, 0.2) is 71.1 Å². The lowest BCUT2D eigenvalue weighted by atomic mass is 9.95. The van der Waals surface area contributed by atoms with Gasteiger partial charge in [-0.2, -0.15) is 0 Å². The molecule has 2 aromatic rings. The van der Waals surface area contributed by atoms with E-state index in [1.54, 1.807) is 55.1 Å². The molecule has 9 nitrogen and oxygen atoms in total. The Morgan fingerprint density at radius 2 is 1.71 bits per heavy atom. The number of anilines is 1. The highest BCUT2D eigenvalue weighted by Crippen LogP contribution is 2.36. The summed E-state index contributed by atoms with van der Waals surface area (Å²) in [6.45, 7) is 3.58. The highest BCUT2D eigenvalue weighted by Gasteiger charge is 2.32. The summed E-state index contributed by atoms with van der Waals surface area (Å²) < 4.78 is 10.4. The van der Waals surface area contributed by atoms with E-state index >= 15 is 0 Å². The number of ether oxygens (including phenoxy) is 2. The molecule has 1 heterocycles. The second-order valence-electron chi connectivity index (χ2n) is 7.81. The maximum absolute atomic E-state index is 13.0. The zero-order valence-electron chi connectivity index (χ0n) is 19.2. The smallest absolute Gasteiger partial charge is 0.336 e. The van der Waals surface area contributed by atoms with E-state index in [4.69, 9.17) is 9.47 Å². The van der Waals surface area contributed by atoms with Crippen molar-refractivity contribution in [2.45, 2.75) is 33.1 Å². The molecule has 1 aliphatic rings. The Balaban J connectivity index is 1.82. The van der Waals surface area contributed by atoms with Gasteiger partial charge in [0.2, 0.25) is 0 Å². The molecule has 0 aromatic heterocycles. The van der Waals surface area contributed by atoms with Gasteiger partial charge in [0.1, 0.15) is 5.75 Å². The van der Waals surface area contributed by atoms with E-state index in [0.717, 1.165) is 5.56 Å². The molecule has 1 aliphatic heterocycles. The molecule has 0 saturated carbocycles. The summed E-state index contributed by atoms with van der Waals surface area (Å²) in [4.78, 5) is 37.8. The van der Waals surface area contributed by atoms with Crippen LogP contribution in [0.25, 0.3) is 0 Å². The quantitative estimate of drug-likeness (QED) is 0.263. The largest absolute Gasteiger partial charge is 0.508 e. The number of hydrogen-bond donors (Lipinski definition) is 1. The first-order chi connectivity index (χ1) is 16.2. The normalized spacial score (nSPS) is 13.7. The zero-order valence-corrected chi connectivity index (χ0v) is 19.2. The molecule has 2 aromatic carbocycles. The number of hydrogen-bond acceptors (Lipinski definition) is 8. The standard InChI is InChI=1S/C25H26N2O7/c1-16-22(24(29)33-3)15-23(17(2)26(16)19-7-4-8-20(14-19)27(31)32)25(30)34-13-5-6-18-9-11-21(28)12-10-18/h4,7-12,14,28H,5-6,13,15H2,1-3H3. The van der Waals surface area contributed by atoms with Gasteiger partial charge in [0, 0.05) is 29.9 Å². The molecule has 0 unspecified atom stereocenters. The summed E-state index contributed by atoms with van der Waals surface area (Å²) in [5, 5.41) is 20.6. The first-order valence-electron chi connectivity index (χ1n) is 10.7. The van der Waals surface area contributed by atoms with Crippen LogP contribution in [0.2, 0.25) is 0 Å². The fraction of sp³-hybridized carbons (Fsp3) is 0.280. The van der Waals surface area contributed by atoms with Crippen LogP contribution < -0.4 is 4.90 Å². The van der Waals surface area contributed by atoms with Crippen LogP contribution in [0.3, 0.4) is 0 Å². The van der Waals surface area contributed by atoms with Crippen molar-refractivity contribution < 1.29 is 29.1 Å². The van der Waals surface area contributed by atoms with Gasteiger partial charge in [0.25, 0.3) is 5.69 Å². The Kier molecular flexibility index (Phi) is 7.68. The number of esters is 2. The summed E-state index contributed by atoms with van der Waals surface area (Å²) in [5.74, 6) is -0.960. The van der Waals surface area contributed by atoms with Crippen molar-refractivity contribution >= 4 is 23.3 Å². The lowest BCUT2D eigenvalue weighted by Crippen LogP contribution is -2.31. The highest BCUT2D eigenvalue weighted by atomic mass is 16.6. The number of aromatic hydroxyl groups is 1. The average Bonchev–Trinajstić information content (AvgIpc) is 2.82. The summed E-state index contributed by atoms with van der Waals surface area (Å²) >= 11 is 0. The molecule has 0 amide bonds. The minimum absolute atomic E-state index is 0.0343. The maximum Gasteiger partial charge on any atom is 0.336 e. The number of benzene rings is 2. The zero-order chi connectivity index (χ0) is 24.8.